The van der Waals surface area contributed by atoms with Crippen LogP contribution in [0, 0.1) is 17.1 Å². The zero-order valence-corrected chi connectivity index (χ0v) is 9.11. The van der Waals surface area contributed by atoms with E-state index in [4.69, 9.17) is 5.26 Å². The first-order chi connectivity index (χ1) is 5.66. The molecule has 4 heteroatoms. The number of rotatable bonds is 1. The minimum atomic E-state index is -0.359. The van der Waals surface area contributed by atoms with Crippen molar-refractivity contribution >= 4 is 31.9 Å². The van der Waals surface area contributed by atoms with Gasteiger partial charge in [-0.15, -0.1) is 0 Å². The maximum absolute atomic E-state index is 13.1. The highest BCUT2D eigenvalue weighted by Gasteiger charge is 2.08. The van der Waals surface area contributed by atoms with Crippen LogP contribution in [0.15, 0.2) is 21.1 Å². The topological polar surface area (TPSA) is 23.8 Å². The van der Waals surface area contributed by atoms with Crippen molar-refractivity contribution in [3.63, 3.8) is 0 Å². The normalized spacial score (nSPS) is 9.50. The summed E-state index contributed by atoms with van der Waals surface area (Å²) >= 11 is 6.12. The third-order valence-corrected chi connectivity index (χ3v) is 2.85. The van der Waals surface area contributed by atoms with Gasteiger partial charge < -0.3 is 0 Å². The Labute approximate surface area is 86.5 Å². The van der Waals surface area contributed by atoms with Crippen molar-refractivity contribution in [3.05, 3.63) is 32.5 Å². The van der Waals surface area contributed by atoms with Crippen LogP contribution in [-0.2, 0) is 6.42 Å². The van der Waals surface area contributed by atoms with E-state index in [2.05, 4.69) is 31.9 Å². The fraction of sp³-hybridized carbons (Fsp3) is 0.125. The second-order valence-electron chi connectivity index (χ2n) is 2.17. The van der Waals surface area contributed by atoms with Gasteiger partial charge in [0, 0.05) is 0 Å². The summed E-state index contributed by atoms with van der Waals surface area (Å²) in [5.41, 5.74) is 0.665. The highest BCUT2D eigenvalue weighted by molar-refractivity contribution is 9.11. The van der Waals surface area contributed by atoms with Crippen molar-refractivity contribution in [2.75, 3.05) is 0 Å². The lowest BCUT2D eigenvalue weighted by Gasteiger charge is -2.01. The molecule has 1 rings (SSSR count). The largest absolute Gasteiger partial charge is 0.204 e. The summed E-state index contributed by atoms with van der Waals surface area (Å²) in [6.07, 6.45) is 0.213. The molecule has 0 fully saturated rings. The van der Waals surface area contributed by atoms with E-state index in [-0.39, 0.29) is 12.2 Å². The number of benzene rings is 1. The van der Waals surface area contributed by atoms with Crippen LogP contribution in [0.3, 0.4) is 0 Å². The van der Waals surface area contributed by atoms with E-state index >= 15 is 0 Å². The minimum Gasteiger partial charge on any atom is -0.204 e. The first kappa shape index (κ1) is 9.69. The van der Waals surface area contributed by atoms with Gasteiger partial charge in [-0.05, 0) is 43.5 Å². The monoisotopic (exact) mass is 291 g/mol. The number of hydrogen-bond donors (Lipinski definition) is 0. The lowest BCUT2D eigenvalue weighted by atomic mass is 10.2. The number of nitrogens with zero attached hydrogens (tertiary/aromatic N) is 1. The zero-order chi connectivity index (χ0) is 9.14. The summed E-state index contributed by atoms with van der Waals surface area (Å²) in [4.78, 5) is 0. The molecule has 0 bridgehead atoms. The summed E-state index contributed by atoms with van der Waals surface area (Å²) in [7, 11) is 0. The molecule has 62 valence electrons. The van der Waals surface area contributed by atoms with E-state index < -0.39 is 0 Å². The molecule has 0 atom stereocenters. The summed E-state index contributed by atoms with van der Waals surface area (Å²) in [6.45, 7) is 0. The molecule has 1 aromatic rings. The zero-order valence-electron chi connectivity index (χ0n) is 5.94. The molecule has 0 aliphatic carbocycles. The third-order valence-electron chi connectivity index (χ3n) is 1.38. The average molecular weight is 293 g/mol. The Morgan fingerprint density at radius 2 is 2.08 bits per heavy atom. The maximum atomic E-state index is 13.1. The van der Waals surface area contributed by atoms with Gasteiger partial charge in [0.1, 0.15) is 0 Å². The van der Waals surface area contributed by atoms with Crippen molar-refractivity contribution in [1.82, 2.24) is 0 Å². The third kappa shape index (κ3) is 1.85. The molecule has 1 aromatic carbocycles. The molecule has 0 radical (unpaired) electrons. The molecule has 12 heavy (non-hydrogen) atoms. The van der Waals surface area contributed by atoms with Gasteiger partial charge in [0.25, 0.3) is 0 Å². The lowest BCUT2D eigenvalue weighted by Crippen LogP contribution is -1.88. The highest BCUT2D eigenvalue weighted by atomic mass is 79.9. The molecule has 0 spiro atoms. The van der Waals surface area contributed by atoms with Crippen molar-refractivity contribution in [2.24, 2.45) is 0 Å². The Morgan fingerprint density at radius 3 is 2.67 bits per heavy atom. The molecule has 0 heterocycles. The van der Waals surface area contributed by atoms with Crippen LogP contribution in [0.5, 0.6) is 0 Å². The average Bonchev–Trinajstić information content (AvgIpc) is 2.07. The van der Waals surface area contributed by atoms with Gasteiger partial charge in [0.2, 0.25) is 0 Å². The first-order valence-corrected chi connectivity index (χ1v) is 4.74. The second kappa shape index (κ2) is 4.01. The van der Waals surface area contributed by atoms with Gasteiger partial charge in [0.05, 0.1) is 21.4 Å². The fourth-order valence-electron chi connectivity index (χ4n) is 0.788. The molecular weight excluding hydrogens is 289 g/mol. The number of hydrogen-bond acceptors (Lipinski definition) is 1. The standard InChI is InChI=1S/C8H4Br2FN/c9-6-2-1-5(3-4-12)7(10)8(6)11/h1-2H,3H2. The Morgan fingerprint density at radius 1 is 1.42 bits per heavy atom. The molecule has 0 N–H and O–H groups in total. The van der Waals surface area contributed by atoms with Crippen molar-refractivity contribution in [1.29, 1.82) is 5.26 Å². The van der Waals surface area contributed by atoms with E-state index in [1.165, 1.54) is 0 Å². The first-order valence-electron chi connectivity index (χ1n) is 3.16. The molecule has 0 aliphatic rings. The summed E-state index contributed by atoms with van der Waals surface area (Å²) in [5.74, 6) is -0.359. The lowest BCUT2D eigenvalue weighted by molar-refractivity contribution is 0.612. The van der Waals surface area contributed by atoms with E-state index in [1.54, 1.807) is 12.1 Å². The van der Waals surface area contributed by atoms with Crippen LogP contribution in [0.25, 0.3) is 0 Å². The van der Waals surface area contributed by atoms with Crippen LogP contribution in [0.4, 0.5) is 4.39 Å². The van der Waals surface area contributed by atoms with E-state index in [1.807, 2.05) is 6.07 Å². The molecule has 0 aliphatic heterocycles. The van der Waals surface area contributed by atoms with Gasteiger partial charge >= 0.3 is 0 Å². The Bertz CT molecular complexity index is 344. The molecule has 0 saturated carbocycles. The van der Waals surface area contributed by atoms with Crippen molar-refractivity contribution < 1.29 is 4.39 Å². The van der Waals surface area contributed by atoms with E-state index in [0.717, 1.165) is 0 Å². The Hall–Kier alpha value is -0.400. The van der Waals surface area contributed by atoms with Gasteiger partial charge in [0.15, 0.2) is 5.82 Å². The van der Waals surface area contributed by atoms with Gasteiger partial charge in [-0.25, -0.2) is 4.39 Å². The van der Waals surface area contributed by atoms with Crippen molar-refractivity contribution in [3.8, 4) is 6.07 Å². The number of nitriles is 1. The van der Waals surface area contributed by atoms with Crippen LogP contribution < -0.4 is 0 Å². The smallest absolute Gasteiger partial charge is 0.151 e. The highest BCUT2D eigenvalue weighted by Crippen LogP contribution is 2.27. The Kier molecular flexibility index (Phi) is 3.24. The molecule has 0 unspecified atom stereocenters. The summed E-state index contributed by atoms with van der Waals surface area (Å²) < 4.78 is 13.9. The van der Waals surface area contributed by atoms with E-state index in [0.29, 0.717) is 14.5 Å². The van der Waals surface area contributed by atoms with E-state index in [9.17, 15) is 4.39 Å². The molecular formula is C8H4Br2FN. The predicted molar refractivity (Wildman–Crippen MR) is 51.1 cm³/mol. The molecule has 0 saturated heterocycles. The molecule has 0 amide bonds. The van der Waals surface area contributed by atoms with Crippen LogP contribution in [0.1, 0.15) is 5.56 Å². The van der Waals surface area contributed by atoms with Crippen LogP contribution in [0.2, 0.25) is 0 Å². The molecule has 0 aromatic heterocycles. The Balaban J connectivity index is 3.19. The van der Waals surface area contributed by atoms with Crippen LogP contribution in [-0.4, -0.2) is 0 Å². The SMILES string of the molecule is N#CCc1ccc(Br)c(F)c1Br. The predicted octanol–water partition coefficient (Wildman–Crippen LogP) is 3.42. The summed E-state index contributed by atoms with van der Waals surface area (Å²) in [5, 5.41) is 8.40. The van der Waals surface area contributed by atoms with Gasteiger partial charge in [-0.1, -0.05) is 6.07 Å². The second-order valence-corrected chi connectivity index (χ2v) is 3.82. The van der Waals surface area contributed by atoms with Crippen LogP contribution >= 0.6 is 31.9 Å². The maximum Gasteiger partial charge on any atom is 0.151 e. The number of halogens is 3. The molecule has 1 nitrogen and oxygen atoms in total. The van der Waals surface area contributed by atoms with Gasteiger partial charge in [-0.3, -0.25) is 0 Å². The minimum absolute atomic E-state index is 0.213. The quantitative estimate of drug-likeness (QED) is 0.728. The van der Waals surface area contributed by atoms with Gasteiger partial charge in [-0.2, -0.15) is 5.26 Å². The summed E-state index contributed by atoms with van der Waals surface area (Å²) in [6, 6.07) is 5.26. The fourth-order valence-corrected chi connectivity index (χ4v) is 1.87. The van der Waals surface area contributed by atoms with Crippen molar-refractivity contribution in [2.45, 2.75) is 6.42 Å².